The Morgan fingerprint density at radius 2 is 1.70 bits per heavy atom. The highest BCUT2D eigenvalue weighted by Gasteiger charge is 2.23. The Hall–Kier alpha value is -1.78. The molecule has 4 heteroatoms. The molecule has 122 valence electrons. The Morgan fingerprint density at radius 3 is 2.26 bits per heavy atom. The van der Waals surface area contributed by atoms with Crippen LogP contribution in [0.1, 0.15) is 25.3 Å². The molecule has 2 rings (SSSR count). The van der Waals surface area contributed by atoms with Crippen LogP contribution in [-0.2, 0) is 16.0 Å². The van der Waals surface area contributed by atoms with Crippen molar-refractivity contribution in [2.75, 3.05) is 0 Å². The third-order valence-electron chi connectivity index (χ3n) is 3.39. The second-order valence-electron chi connectivity index (χ2n) is 5.30. The molecule has 0 saturated carbocycles. The zero-order chi connectivity index (χ0) is 16.5. The van der Waals surface area contributed by atoms with Gasteiger partial charge in [-0.2, -0.15) is 0 Å². The predicted octanol–water partition coefficient (Wildman–Crippen LogP) is 4.62. The SMILES string of the molecule is CCCC(OC(Cc1ccccc1)C(=O)O)Sc1ccccc1. The molecule has 2 aromatic rings. The van der Waals surface area contributed by atoms with Gasteiger partial charge in [-0.25, -0.2) is 4.79 Å². The lowest BCUT2D eigenvalue weighted by atomic mass is 10.1. The van der Waals surface area contributed by atoms with E-state index >= 15 is 0 Å². The summed E-state index contributed by atoms with van der Waals surface area (Å²) in [5.41, 5.74) is 0.812. The number of hydrogen-bond acceptors (Lipinski definition) is 3. The first-order valence-corrected chi connectivity index (χ1v) is 8.71. The van der Waals surface area contributed by atoms with Crippen molar-refractivity contribution in [3.63, 3.8) is 0 Å². The molecule has 0 radical (unpaired) electrons. The minimum Gasteiger partial charge on any atom is -0.479 e. The minimum atomic E-state index is -0.913. The summed E-state index contributed by atoms with van der Waals surface area (Å²) in [7, 11) is 0. The Labute approximate surface area is 141 Å². The van der Waals surface area contributed by atoms with Crippen molar-refractivity contribution in [1.82, 2.24) is 0 Å². The number of carboxylic acids is 1. The van der Waals surface area contributed by atoms with Crippen molar-refractivity contribution in [1.29, 1.82) is 0 Å². The molecular formula is C19H22O3S. The maximum absolute atomic E-state index is 11.6. The van der Waals surface area contributed by atoms with Gasteiger partial charge in [0.2, 0.25) is 0 Å². The van der Waals surface area contributed by atoms with Gasteiger partial charge in [0, 0.05) is 11.3 Å². The number of benzene rings is 2. The van der Waals surface area contributed by atoms with Crippen LogP contribution in [0, 0.1) is 0 Å². The van der Waals surface area contributed by atoms with Crippen LogP contribution in [0.5, 0.6) is 0 Å². The number of aliphatic carboxylic acids is 1. The first-order valence-electron chi connectivity index (χ1n) is 7.83. The number of thioether (sulfide) groups is 1. The average Bonchev–Trinajstić information content (AvgIpc) is 2.56. The largest absolute Gasteiger partial charge is 0.479 e. The second kappa shape index (κ2) is 9.38. The van der Waals surface area contributed by atoms with Crippen molar-refractivity contribution >= 4 is 17.7 Å². The van der Waals surface area contributed by atoms with Crippen molar-refractivity contribution in [3.8, 4) is 0 Å². The molecule has 2 aromatic carbocycles. The summed E-state index contributed by atoms with van der Waals surface area (Å²) >= 11 is 1.58. The summed E-state index contributed by atoms with van der Waals surface area (Å²) in [6, 6.07) is 19.6. The van der Waals surface area contributed by atoms with Crippen LogP contribution in [0.15, 0.2) is 65.6 Å². The molecule has 0 aliphatic rings. The van der Waals surface area contributed by atoms with Gasteiger partial charge in [-0.1, -0.05) is 73.6 Å². The Balaban J connectivity index is 2.03. The normalized spacial score (nSPS) is 13.4. The highest BCUT2D eigenvalue weighted by Crippen LogP contribution is 2.28. The summed E-state index contributed by atoms with van der Waals surface area (Å²) in [5.74, 6) is -0.913. The van der Waals surface area contributed by atoms with E-state index in [0.717, 1.165) is 23.3 Å². The fraction of sp³-hybridized carbons (Fsp3) is 0.316. The Kier molecular flexibility index (Phi) is 7.17. The number of ether oxygens (including phenoxy) is 1. The topological polar surface area (TPSA) is 46.5 Å². The lowest BCUT2D eigenvalue weighted by Crippen LogP contribution is -2.30. The van der Waals surface area contributed by atoms with E-state index in [1.54, 1.807) is 11.8 Å². The fourth-order valence-corrected chi connectivity index (χ4v) is 3.41. The first-order chi connectivity index (χ1) is 11.2. The van der Waals surface area contributed by atoms with Crippen LogP contribution in [0.25, 0.3) is 0 Å². The number of carbonyl (C=O) groups is 1. The van der Waals surface area contributed by atoms with Gasteiger partial charge in [-0.05, 0) is 24.1 Å². The van der Waals surface area contributed by atoms with Gasteiger partial charge in [-0.3, -0.25) is 0 Å². The average molecular weight is 330 g/mol. The van der Waals surface area contributed by atoms with E-state index in [4.69, 9.17) is 4.74 Å². The summed E-state index contributed by atoms with van der Waals surface area (Å²) in [4.78, 5) is 12.7. The third kappa shape index (κ3) is 6.08. The van der Waals surface area contributed by atoms with Gasteiger partial charge in [0.25, 0.3) is 0 Å². The fourth-order valence-electron chi connectivity index (χ4n) is 2.25. The zero-order valence-electron chi connectivity index (χ0n) is 13.2. The Bertz CT molecular complexity index is 586. The molecule has 23 heavy (non-hydrogen) atoms. The van der Waals surface area contributed by atoms with E-state index in [0.29, 0.717) is 6.42 Å². The first kappa shape index (κ1) is 17.6. The van der Waals surface area contributed by atoms with Gasteiger partial charge >= 0.3 is 5.97 Å². The molecule has 2 atom stereocenters. The molecule has 3 nitrogen and oxygen atoms in total. The third-order valence-corrected chi connectivity index (χ3v) is 4.54. The highest BCUT2D eigenvalue weighted by atomic mass is 32.2. The molecule has 2 unspecified atom stereocenters. The maximum Gasteiger partial charge on any atom is 0.333 e. The second-order valence-corrected chi connectivity index (χ2v) is 6.53. The van der Waals surface area contributed by atoms with Crippen LogP contribution < -0.4 is 0 Å². The van der Waals surface area contributed by atoms with Gasteiger partial charge in [0.1, 0.15) is 5.44 Å². The Morgan fingerprint density at radius 1 is 1.09 bits per heavy atom. The highest BCUT2D eigenvalue weighted by molar-refractivity contribution is 7.99. The van der Waals surface area contributed by atoms with Gasteiger partial charge in [0.05, 0.1) is 0 Å². The maximum atomic E-state index is 11.6. The molecule has 0 spiro atoms. The van der Waals surface area contributed by atoms with Crippen LogP contribution >= 0.6 is 11.8 Å². The van der Waals surface area contributed by atoms with E-state index in [1.165, 1.54) is 0 Å². The van der Waals surface area contributed by atoms with E-state index in [-0.39, 0.29) is 5.44 Å². The van der Waals surface area contributed by atoms with Crippen molar-refractivity contribution in [3.05, 3.63) is 66.2 Å². The monoisotopic (exact) mass is 330 g/mol. The van der Waals surface area contributed by atoms with E-state index in [9.17, 15) is 9.90 Å². The van der Waals surface area contributed by atoms with Gasteiger partial charge in [-0.15, -0.1) is 0 Å². The number of carboxylic acid groups (broad SMARTS) is 1. The lowest BCUT2D eigenvalue weighted by molar-refractivity contribution is -0.151. The molecule has 0 aliphatic heterocycles. The molecule has 1 N–H and O–H groups in total. The van der Waals surface area contributed by atoms with E-state index in [2.05, 4.69) is 6.92 Å². The van der Waals surface area contributed by atoms with Crippen LogP contribution in [-0.4, -0.2) is 22.6 Å². The van der Waals surface area contributed by atoms with Crippen molar-refractivity contribution in [2.24, 2.45) is 0 Å². The van der Waals surface area contributed by atoms with Gasteiger partial charge < -0.3 is 9.84 Å². The van der Waals surface area contributed by atoms with Gasteiger partial charge in [0.15, 0.2) is 6.10 Å². The minimum absolute atomic E-state index is 0.160. The molecule has 0 heterocycles. The molecule has 0 aromatic heterocycles. The quantitative estimate of drug-likeness (QED) is 0.538. The van der Waals surface area contributed by atoms with E-state index in [1.807, 2.05) is 60.7 Å². The molecule has 0 aliphatic carbocycles. The van der Waals surface area contributed by atoms with Crippen LogP contribution in [0.3, 0.4) is 0 Å². The van der Waals surface area contributed by atoms with Crippen LogP contribution in [0.2, 0.25) is 0 Å². The van der Waals surface area contributed by atoms with Crippen molar-refractivity contribution < 1.29 is 14.6 Å². The number of hydrogen-bond donors (Lipinski definition) is 1. The molecule has 0 bridgehead atoms. The van der Waals surface area contributed by atoms with Crippen LogP contribution in [0.4, 0.5) is 0 Å². The molecule has 0 saturated heterocycles. The summed E-state index contributed by atoms with van der Waals surface area (Å²) in [6.45, 7) is 2.08. The molecule has 0 fully saturated rings. The predicted molar refractivity (Wildman–Crippen MR) is 93.6 cm³/mol. The van der Waals surface area contributed by atoms with Crippen molar-refractivity contribution in [2.45, 2.75) is 42.6 Å². The smallest absolute Gasteiger partial charge is 0.333 e. The summed E-state index contributed by atoms with van der Waals surface area (Å²) < 4.78 is 5.92. The molecular weight excluding hydrogens is 308 g/mol. The lowest BCUT2D eigenvalue weighted by Gasteiger charge is -2.22. The number of rotatable bonds is 9. The molecule has 0 amide bonds. The standard InChI is InChI=1S/C19H22O3S/c1-2-9-18(23-16-12-7-4-8-13-16)22-17(19(20)21)14-15-10-5-3-6-11-15/h3-8,10-13,17-18H,2,9,14H2,1H3,(H,20,21). The zero-order valence-corrected chi connectivity index (χ0v) is 14.0. The summed E-state index contributed by atoms with van der Waals surface area (Å²) in [5, 5.41) is 9.48. The van der Waals surface area contributed by atoms with E-state index < -0.39 is 12.1 Å². The summed E-state index contributed by atoms with van der Waals surface area (Å²) in [6.07, 6.45) is 1.32.